The van der Waals surface area contributed by atoms with Crippen LogP contribution >= 0.6 is 0 Å². The van der Waals surface area contributed by atoms with E-state index in [1.54, 1.807) is 6.20 Å². The Hall–Kier alpha value is -2.40. The minimum absolute atomic E-state index is 0.0753. The van der Waals surface area contributed by atoms with Gasteiger partial charge in [0.15, 0.2) is 0 Å². The van der Waals surface area contributed by atoms with Gasteiger partial charge in [-0.2, -0.15) is 0 Å². The van der Waals surface area contributed by atoms with Crippen LogP contribution in [0.5, 0.6) is 0 Å². The predicted octanol–water partition coefficient (Wildman–Crippen LogP) is 3.89. The number of benzene rings is 1. The van der Waals surface area contributed by atoms with E-state index in [0.29, 0.717) is 23.3 Å². The van der Waals surface area contributed by atoms with Crippen LogP contribution in [0.3, 0.4) is 0 Å². The molecule has 1 aromatic carbocycles. The van der Waals surface area contributed by atoms with Crippen molar-refractivity contribution in [2.45, 2.75) is 39.8 Å². The summed E-state index contributed by atoms with van der Waals surface area (Å²) in [7, 11) is 0. The standard InChI is InChI=1S/C23H32N4O/c1-18(2)11-13-25-22-21(10-7-12-24-22)23(28)27-15-14-26(19(3)16-27)17-20-8-5-4-6-9-20/h4-10,12,18-19H,11,13-17H2,1-3H3,(H,24,25)/t19-/m1/s1. The zero-order chi connectivity index (χ0) is 19.9. The van der Waals surface area contributed by atoms with Crippen molar-refractivity contribution in [1.29, 1.82) is 0 Å². The maximum absolute atomic E-state index is 13.2. The number of carbonyl (C=O) groups excluding carboxylic acids is 1. The first-order valence-electron chi connectivity index (χ1n) is 10.3. The molecule has 0 bridgehead atoms. The minimum atomic E-state index is 0.0753. The van der Waals surface area contributed by atoms with Gasteiger partial charge < -0.3 is 10.2 Å². The first-order chi connectivity index (χ1) is 13.5. The number of aromatic nitrogens is 1. The van der Waals surface area contributed by atoms with Crippen molar-refractivity contribution >= 4 is 11.7 Å². The van der Waals surface area contributed by atoms with Crippen LogP contribution in [0.1, 0.15) is 43.1 Å². The highest BCUT2D eigenvalue weighted by Gasteiger charge is 2.28. The van der Waals surface area contributed by atoms with Crippen LogP contribution in [-0.2, 0) is 6.54 Å². The van der Waals surface area contributed by atoms with E-state index in [9.17, 15) is 4.79 Å². The maximum atomic E-state index is 13.2. The molecule has 1 atom stereocenters. The second kappa shape index (κ2) is 9.69. The van der Waals surface area contributed by atoms with Crippen molar-refractivity contribution in [3.05, 3.63) is 59.8 Å². The first kappa shape index (κ1) is 20.3. The van der Waals surface area contributed by atoms with E-state index in [4.69, 9.17) is 0 Å². The fourth-order valence-corrected chi connectivity index (χ4v) is 3.60. The summed E-state index contributed by atoms with van der Waals surface area (Å²) >= 11 is 0. The molecule has 2 aromatic rings. The van der Waals surface area contributed by atoms with Gasteiger partial charge in [-0.15, -0.1) is 0 Å². The average Bonchev–Trinajstić information content (AvgIpc) is 2.70. The molecule has 0 saturated carbocycles. The summed E-state index contributed by atoms with van der Waals surface area (Å²) in [6, 6.07) is 14.6. The van der Waals surface area contributed by atoms with Gasteiger partial charge in [-0.3, -0.25) is 9.69 Å². The Labute approximate surface area is 168 Å². The zero-order valence-electron chi connectivity index (χ0n) is 17.3. The second-order valence-electron chi connectivity index (χ2n) is 8.07. The van der Waals surface area contributed by atoms with Gasteiger partial charge in [0.1, 0.15) is 5.82 Å². The molecule has 1 aliphatic heterocycles. The van der Waals surface area contributed by atoms with E-state index in [2.05, 4.69) is 60.2 Å². The van der Waals surface area contributed by atoms with E-state index in [0.717, 1.165) is 39.1 Å². The number of amides is 1. The molecule has 1 fully saturated rings. The molecule has 150 valence electrons. The van der Waals surface area contributed by atoms with Crippen molar-refractivity contribution < 1.29 is 4.79 Å². The molecular weight excluding hydrogens is 348 g/mol. The van der Waals surface area contributed by atoms with E-state index in [1.807, 2.05) is 23.1 Å². The molecule has 1 saturated heterocycles. The van der Waals surface area contributed by atoms with Crippen molar-refractivity contribution in [2.75, 3.05) is 31.5 Å². The van der Waals surface area contributed by atoms with Crippen LogP contribution in [0.15, 0.2) is 48.7 Å². The molecule has 1 N–H and O–H groups in total. The third-order valence-electron chi connectivity index (χ3n) is 5.33. The Bertz CT molecular complexity index is 762. The summed E-state index contributed by atoms with van der Waals surface area (Å²) in [6.07, 6.45) is 2.80. The van der Waals surface area contributed by atoms with Crippen molar-refractivity contribution in [2.24, 2.45) is 5.92 Å². The molecule has 1 aromatic heterocycles. The number of rotatable bonds is 7. The van der Waals surface area contributed by atoms with Gasteiger partial charge in [0.05, 0.1) is 5.56 Å². The molecule has 1 aliphatic rings. The smallest absolute Gasteiger partial charge is 0.257 e. The number of hydrogen-bond acceptors (Lipinski definition) is 4. The Balaban J connectivity index is 1.61. The first-order valence-corrected chi connectivity index (χ1v) is 10.3. The monoisotopic (exact) mass is 380 g/mol. The van der Waals surface area contributed by atoms with E-state index in [1.165, 1.54) is 5.56 Å². The van der Waals surface area contributed by atoms with Crippen molar-refractivity contribution in [3.8, 4) is 0 Å². The Kier molecular flexibility index (Phi) is 7.04. The third kappa shape index (κ3) is 5.32. The summed E-state index contributed by atoms with van der Waals surface area (Å²) < 4.78 is 0. The van der Waals surface area contributed by atoms with Gasteiger partial charge in [-0.05, 0) is 37.0 Å². The van der Waals surface area contributed by atoms with Crippen LogP contribution in [-0.4, -0.2) is 52.9 Å². The average molecular weight is 381 g/mol. The van der Waals surface area contributed by atoms with Crippen molar-refractivity contribution in [3.63, 3.8) is 0 Å². The van der Waals surface area contributed by atoms with E-state index < -0.39 is 0 Å². The van der Waals surface area contributed by atoms with Crippen LogP contribution in [0.4, 0.5) is 5.82 Å². The van der Waals surface area contributed by atoms with Gasteiger partial charge >= 0.3 is 0 Å². The Morgan fingerprint density at radius 2 is 1.96 bits per heavy atom. The lowest BCUT2D eigenvalue weighted by molar-refractivity contribution is 0.0496. The van der Waals surface area contributed by atoms with Gasteiger partial charge in [0, 0.05) is 45.0 Å². The topological polar surface area (TPSA) is 48.5 Å². The third-order valence-corrected chi connectivity index (χ3v) is 5.33. The lowest BCUT2D eigenvalue weighted by Gasteiger charge is -2.40. The summed E-state index contributed by atoms with van der Waals surface area (Å²) in [5.41, 5.74) is 1.99. The fourth-order valence-electron chi connectivity index (χ4n) is 3.60. The number of pyridine rings is 1. The highest BCUT2D eigenvalue weighted by atomic mass is 16.2. The number of anilines is 1. The van der Waals surface area contributed by atoms with E-state index in [-0.39, 0.29) is 5.91 Å². The van der Waals surface area contributed by atoms with Crippen LogP contribution in [0.25, 0.3) is 0 Å². The van der Waals surface area contributed by atoms with Gasteiger partial charge in [0.2, 0.25) is 0 Å². The predicted molar refractivity (Wildman–Crippen MR) is 114 cm³/mol. The highest BCUT2D eigenvalue weighted by molar-refractivity contribution is 5.98. The molecule has 0 unspecified atom stereocenters. The second-order valence-corrected chi connectivity index (χ2v) is 8.07. The molecule has 2 heterocycles. The number of carbonyl (C=O) groups is 1. The van der Waals surface area contributed by atoms with Crippen molar-refractivity contribution in [1.82, 2.24) is 14.8 Å². The molecular formula is C23H32N4O. The SMILES string of the molecule is CC(C)CCNc1ncccc1C(=O)N1CCN(Cc2ccccc2)[C@H](C)C1. The Morgan fingerprint density at radius 3 is 2.68 bits per heavy atom. The van der Waals surface area contributed by atoms with Crippen LogP contribution in [0, 0.1) is 5.92 Å². The molecule has 28 heavy (non-hydrogen) atoms. The zero-order valence-corrected chi connectivity index (χ0v) is 17.3. The lowest BCUT2D eigenvalue weighted by atomic mass is 10.1. The summed E-state index contributed by atoms with van der Waals surface area (Å²) in [4.78, 5) is 22.0. The van der Waals surface area contributed by atoms with Crippen LogP contribution < -0.4 is 5.32 Å². The number of hydrogen-bond donors (Lipinski definition) is 1. The number of nitrogens with zero attached hydrogens (tertiary/aromatic N) is 3. The maximum Gasteiger partial charge on any atom is 0.257 e. The molecule has 3 rings (SSSR count). The molecule has 0 aliphatic carbocycles. The lowest BCUT2D eigenvalue weighted by Crippen LogP contribution is -2.53. The number of piperazine rings is 1. The largest absolute Gasteiger partial charge is 0.369 e. The molecule has 0 radical (unpaired) electrons. The van der Waals surface area contributed by atoms with Gasteiger partial charge in [-0.1, -0.05) is 44.2 Å². The van der Waals surface area contributed by atoms with Gasteiger partial charge in [-0.25, -0.2) is 4.98 Å². The summed E-state index contributed by atoms with van der Waals surface area (Å²) in [5, 5.41) is 3.35. The quantitative estimate of drug-likeness (QED) is 0.792. The minimum Gasteiger partial charge on any atom is -0.369 e. The highest BCUT2D eigenvalue weighted by Crippen LogP contribution is 2.19. The summed E-state index contributed by atoms with van der Waals surface area (Å²) in [5.74, 6) is 1.40. The van der Waals surface area contributed by atoms with E-state index >= 15 is 0 Å². The molecule has 1 amide bonds. The molecule has 5 nitrogen and oxygen atoms in total. The van der Waals surface area contributed by atoms with Gasteiger partial charge in [0.25, 0.3) is 5.91 Å². The Morgan fingerprint density at radius 1 is 1.18 bits per heavy atom. The fraction of sp³-hybridized carbons (Fsp3) is 0.478. The normalized spacial score (nSPS) is 17.7. The number of nitrogens with one attached hydrogen (secondary N) is 1. The summed E-state index contributed by atoms with van der Waals surface area (Å²) in [6.45, 7) is 10.7. The molecule has 0 spiro atoms. The van der Waals surface area contributed by atoms with Crippen LogP contribution in [0.2, 0.25) is 0 Å². The molecule has 5 heteroatoms.